The molecule has 0 aromatic heterocycles. The molecule has 20 heavy (non-hydrogen) atoms. The quantitative estimate of drug-likeness (QED) is 0.595. The van der Waals surface area contributed by atoms with Gasteiger partial charge in [0, 0.05) is 6.08 Å². The first-order valence-corrected chi connectivity index (χ1v) is 6.53. The Kier molecular flexibility index (Phi) is 5.50. The van der Waals surface area contributed by atoms with Gasteiger partial charge in [-0.15, -0.1) is 0 Å². The van der Waals surface area contributed by atoms with Crippen molar-refractivity contribution in [3.05, 3.63) is 46.5 Å². The zero-order valence-electron chi connectivity index (χ0n) is 12.1. The summed E-state index contributed by atoms with van der Waals surface area (Å²) in [5.41, 5.74) is 2.27. The lowest BCUT2D eigenvalue weighted by Gasteiger charge is -2.11. The fraction of sp³-hybridized carbons (Fsp3) is 0.375. The molecule has 0 aliphatic heterocycles. The summed E-state index contributed by atoms with van der Waals surface area (Å²) in [6.45, 7) is 5.99. The average Bonchev–Trinajstić information content (AvgIpc) is 2.36. The minimum Gasteiger partial charge on any atom is -0.504 e. The largest absolute Gasteiger partial charge is 0.504 e. The third-order valence-corrected chi connectivity index (χ3v) is 3.04. The van der Waals surface area contributed by atoms with E-state index in [0.717, 1.165) is 24.5 Å². The first-order chi connectivity index (χ1) is 9.32. The second-order valence-corrected chi connectivity index (χ2v) is 5.12. The van der Waals surface area contributed by atoms with Crippen molar-refractivity contribution < 1.29 is 19.8 Å². The van der Waals surface area contributed by atoms with Gasteiger partial charge in [-0.25, -0.2) is 0 Å². The third-order valence-electron chi connectivity index (χ3n) is 3.04. The van der Waals surface area contributed by atoms with E-state index in [9.17, 15) is 19.8 Å². The average molecular weight is 276 g/mol. The maximum absolute atomic E-state index is 11.7. The molecule has 4 heteroatoms. The predicted molar refractivity (Wildman–Crippen MR) is 77.4 cm³/mol. The van der Waals surface area contributed by atoms with Crippen molar-refractivity contribution in [1.29, 1.82) is 0 Å². The van der Waals surface area contributed by atoms with Crippen molar-refractivity contribution in [2.75, 3.05) is 0 Å². The van der Waals surface area contributed by atoms with Crippen LogP contribution < -0.4 is 0 Å². The summed E-state index contributed by atoms with van der Waals surface area (Å²) in [4.78, 5) is 23.0. The van der Waals surface area contributed by atoms with Crippen LogP contribution in [0.15, 0.2) is 46.5 Å². The Balaban J connectivity index is 2.73. The summed E-state index contributed by atoms with van der Waals surface area (Å²) in [5, 5.41) is 18.9. The van der Waals surface area contributed by atoms with Crippen LogP contribution in [0.2, 0.25) is 0 Å². The first kappa shape index (κ1) is 16.0. The summed E-state index contributed by atoms with van der Waals surface area (Å²) in [5.74, 6) is -2.59. The molecule has 0 saturated carbocycles. The number of carbonyl (C=O) groups excluding carboxylic acids is 2. The molecule has 0 amide bonds. The molecule has 0 saturated heterocycles. The Bertz CT molecular complexity index is 541. The molecule has 1 aliphatic carbocycles. The van der Waals surface area contributed by atoms with Gasteiger partial charge in [-0.2, -0.15) is 0 Å². The van der Waals surface area contributed by atoms with Gasteiger partial charge in [0.05, 0.1) is 5.57 Å². The highest BCUT2D eigenvalue weighted by Crippen LogP contribution is 2.21. The van der Waals surface area contributed by atoms with Crippen LogP contribution in [0.4, 0.5) is 0 Å². The van der Waals surface area contributed by atoms with E-state index in [2.05, 4.69) is 6.08 Å². The van der Waals surface area contributed by atoms with Crippen molar-refractivity contribution in [1.82, 2.24) is 0 Å². The summed E-state index contributed by atoms with van der Waals surface area (Å²) in [6.07, 6.45) is 6.57. The van der Waals surface area contributed by atoms with Gasteiger partial charge < -0.3 is 10.2 Å². The van der Waals surface area contributed by atoms with Crippen LogP contribution in [0, 0.1) is 0 Å². The van der Waals surface area contributed by atoms with Gasteiger partial charge in [0.25, 0.3) is 0 Å². The van der Waals surface area contributed by atoms with Gasteiger partial charge in [-0.3, -0.25) is 9.59 Å². The Morgan fingerprint density at radius 1 is 1.15 bits per heavy atom. The second-order valence-electron chi connectivity index (χ2n) is 5.12. The highest BCUT2D eigenvalue weighted by atomic mass is 16.3. The summed E-state index contributed by atoms with van der Waals surface area (Å²) in [7, 11) is 0. The minimum absolute atomic E-state index is 0.0448. The molecule has 0 radical (unpaired) electrons. The van der Waals surface area contributed by atoms with Gasteiger partial charge in [0.1, 0.15) is 0 Å². The number of ketones is 2. The van der Waals surface area contributed by atoms with Crippen LogP contribution in [0.5, 0.6) is 0 Å². The minimum atomic E-state index is -0.729. The van der Waals surface area contributed by atoms with Crippen molar-refractivity contribution >= 4 is 11.6 Å². The van der Waals surface area contributed by atoms with E-state index in [1.54, 1.807) is 6.08 Å². The summed E-state index contributed by atoms with van der Waals surface area (Å²) >= 11 is 0. The lowest BCUT2D eigenvalue weighted by atomic mass is 9.96. The number of aliphatic hydroxyl groups is 2. The van der Waals surface area contributed by atoms with Gasteiger partial charge in [0.15, 0.2) is 11.5 Å². The van der Waals surface area contributed by atoms with E-state index in [0.29, 0.717) is 0 Å². The van der Waals surface area contributed by atoms with E-state index in [1.165, 1.54) is 5.57 Å². The molecule has 0 aromatic rings. The third kappa shape index (κ3) is 4.23. The Hall–Kier alpha value is -2.10. The number of Topliss-reactive ketones (excluding diaryl/α,β-unsaturated/α-hetero) is 1. The molecule has 1 aliphatic rings. The summed E-state index contributed by atoms with van der Waals surface area (Å²) < 4.78 is 0. The molecule has 0 atom stereocenters. The fourth-order valence-corrected chi connectivity index (χ4v) is 1.83. The second kappa shape index (κ2) is 6.89. The maximum atomic E-state index is 11.7. The Labute approximate surface area is 118 Å². The molecule has 108 valence electrons. The smallest absolute Gasteiger partial charge is 0.227 e. The highest BCUT2D eigenvalue weighted by molar-refractivity contribution is 6.20. The number of carbonyl (C=O) groups is 2. The standard InChI is InChI=1S/C16H20O4/c1-10(2)5-4-6-11(3)7-8-12-15(19)13(17)9-14(18)16(12)20/h5,7,9,17,20H,4,6,8H2,1-3H3/b11-7+. The molecule has 2 N–H and O–H groups in total. The Morgan fingerprint density at radius 3 is 2.40 bits per heavy atom. The van der Waals surface area contributed by atoms with Crippen LogP contribution in [-0.2, 0) is 9.59 Å². The number of hydrogen-bond acceptors (Lipinski definition) is 4. The molecular formula is C16H20O4. The SMILES string of the molecule is CC(C)=CCC/C(C)=C/CC1=C(O)C(=O)C=C(O)C1=O. The van der Waals surface area contributed by atoms with E-state index in [4.69, 9.17) is 0 Å². The zero-order valence-corrected chi connectivity index (χ0v) is 12.1. The van der Waals surface area contributed by atoms with Crippen LogP contribution in [-0.4, -0.2) is 21.8 Å². The van der Waals surface area contributed by atoms with Gasteiger partial charge in [0.2, 0.25) is 11.6 Å². The predicted octanol–water partition coefficient (Wildman–Crippen LogP) is 3.48. The number of hydrogen-bond donors (Lipinski definition) is 2. The summed E-state index contributed by atoms with van der Waals surface area (Å²) in [6, 6.07) is 0. The fourth-order valence-electron chi connectivity index (χ4n) is 1.83. The van der Waals surface area contributed by atoms with Gasteiger partial charge in [-0.05, 0) is 40.0 Å². The first-order valence-electron chi connectivity index (χ1n) is 6.53. The van der Waals surface area contributed by atoms with E-state index in [-0.39, 0.29) is 12.0 Å². The topological polar surface area (TPSA) is 74.6 Å². The van der Waals surface area contributed by atoms with Crippen molar-refractivity contribution in [2.45, 2.75) is 40.0 Å². The monoisotopic (exact) mass is 276 g/mol. The molecule has 0 spiro atoms. The van der Waals surface area contributed by atoms with Gasteiger partial charge in [-0.1, -0.05) is 23.3 Å². The molecule has 0 bridgehead atoms. The van der Waals surface area contributed by atoms with Gasteiger partial charge >= 0.3 is 0 Å². The van der Waals surface area contributed by atoms with Crippen LogP contribution in [0.3, 0.4) is 0 Å². The molecular weight excluding hydrogens is 256 g/mol. The molecule has 0 aromatic carbocycles. The molecule has 0 heterocycles. The molecule has 0 unspecified atom stereocenters. The van der Waals surface area contributed by atoms with Crippen molar-refractivity contribution in [2.24, 2.45) is 0 Å². The van der Waals surface area contributed by atoms with Crippen LogP contribution in [0.1, 0.15) is 40.0 Å². The Morgan fingerprint density at radius 2 is 1.80 bits per heavy atom. The van der Waals surface area contributed by atoms with E-state index >= 15 is 0 Å². The van der Waals surface area contributed by atoms with Crippen molar-refractivity contribution in [3.63, 3.8) is 0 Å². The number of rotatable bonds is 5. The van der Waals surface area contributed by atoms with E-state index in [1.807, 2.05) is 20.8 Å². The normalized spacial score (nSPS) is 16.4. The van der Waals surface area contributed by atoms with Crippen molar-refractivity contribution in [3.8, 4) is 0 Å². The maximum Gasteiger partial charge on any atom is 0.227 e. The molecule has 1 rings (SSSR count). The lowest BCUT2D eigenvalue weighted by Crippen LogP contribution is -2.18. The van der Waals surface area contributed by atoms with E-state index < -0.39 is 23.1 Å². The molecule has 0 fully saturated rings. The van der Waals surface area contributed by atoms with Crippen LogP contribution in [0.25, 0.3) is 0 Å². The highest BCUT2D eigenvalue weighted by Gasteiger charge is 2.27. The zero-order chi connectivity index (χ0) is 15.3. The number of allylic oxidation sites excluding steroid dienone is 6. The van der Waals surface area contributed by atoms with Crippen LogP contribution >= 0.6 is 0 Å². The molecule has 4 nitrogen and oxygen atoms in total. The number of aliphatic hydroxyl groups excluding tert-OH is 2. The lowest BCUT2D eigenvalue weighted by molar-refractivity contribution is -0.119.